The maximum atomic E-state index is 10.7. The Bertz CT molecular complexity index is 294. The van der Waals surface area contributed by atoms with E-state index in [9.17, 15) is 9.59 Å². The number of unbranched alkanes of at least 4 members (excludes halogenated alkanes) is 1. The average molecular weight is 258 g/mol. The van der Waals surface area contributed by atoms with Crippen molar-refractivity contribution < 1.29 is 24.2 Å². The zero-order chi connectivity index (χ0) is 14.6. The average Bonchev–Trinajstić information content (AvgIpc) is 2.30. The second kappa shape index (κ2) is 11.7. The summed E-state index contributed by atoms with van der Waals surface area (Å²) in [6.45, 7) is 12.5. The van der Waals surface area contributed by atoms with E-state index in [1.807, 2.05) is 0 Å². The smallest absolute Gasteiger partial charge is 0.372 e. The number of aliphatic hydroxyl groups excluding tert-OH is 1. The number of hydrogen-bond donors (Lipinski definition) is 1. The van der Waals surface area contributed by atoms with Gasteiger partial charge in [-0.25, -0.2) is 9.59 Å². The Morgan fingerprint density at radius 1 is 1.11 bits per heavy atom. The molecule has 0 spiro atoms. The molecular formula is C13H22O5. The predicted molar refractivity (Wildman–Crippen MR) is 69.1 cm³/mol. The molecule has 0 fully saturated rings. The van der Waals surface area contributed by atoms with E-state index in [0.717, 1.165) is 12.8 Å². The topological polar surface area (TPSA) is 72.8 Å². The molecule has 18 heavy (non-hydrogen) atoms. The van der Waals surface area contributed by atoms with Crippen molar-refractivity contribution in [3.8, 4) is 0 Å². The lowest BCUT2D eigenvalue weighted by molar-refractivity contribution is -0.141. The Kier molecular flexibility index (Phi) is 12.1. The fraction of sp³-hybridized carbons (Fsp3) is 0.538. The van der Waals surface area contributed by atoms with Crippen molar-refractivity contribution in [3.63, 3.8) is 0 Å². The second-order valence-corrected chi connectivity index (χ2v) is 3.44. The molecule has 1 N–H and O–H groups in total. The summed E-state index contributed by atoms with van der Waals surface area (Å²) < 4.78 is 9.12. The molecule has 0 aliphatic heterocycles. The monoisotopic (exact) mass is 258 g/mol. The first-order chi connectivity index (χ1) is 8.36. The van der Waals surface area contributed by atoms with Gasteiger partial charge in [0.25, 0.3) is 0 Å². The minimum absolute atomic E-state index is 0.262. The van der Waals surface area contributed by atoms with Crippen LogP contribution in [0.4, 0.5) is 0 Å². The normalized spacial score (nSPS) is 8.61. The molecule has 5 heteroatoms. The Morgan fingerprint density at radius 3 is 1.94 bits per heavy atom. The summed E-state index contributed by atoms with van der Waals surface area (Å²) in [6.07, 6.45) is 1.97. The summed E-state index contributed by atoms with van der Waals surface area (Å²) in [5.74, 6) is -1.59. The maximum absolute atomic E-state index is 10.7. The SMILES string of the molecule is C=C(C)C(=O)OCCCC.C=C(O)C(=O)OCC. The molecule has 0 aliphatic rings. The molecule has 0 aromatic carbocycles. The van der Waals surface area contributed by atoms with Crippen LogP contribution in [0.15, 0.2) is 24.5 Å². The third-order valence-corrected chi connectivity index (χ3v) is 1.59. The minimum Gasteiger partial charge on any atom is -0.502 e. The summed E-state index contributed by atoms with van der Waals surface area (Å²) in [6, 6.07) is 0. The first kappa shape index (κ1) is 18.6. The van der Waals surface area contributed by atoms with Crippen LogP contribution in [0.5, 0.6) is 0 Å². The largest absolute Gasteiger partial charge is 0.502 e. The van der Waals surface area contributed by atoms with Crippen LogP contribution in [0, 0.1) is 0 Å². The molecule has 104 valence electrons. The lowest BCUT2D eigenvalue weighted by Crippen LogP contribution is -2.05. The molecule has 0 aliphatic carbocycles. The summed E-state index contributed by atoms with van der Waals surface area (Å²) >= 11 is 0. The number of rotatable bonds is 6. The van der Waals surface area contributed by atoms with Gasteiger partial charge in [0.05, 0.1) is 13.2 Å². The highest BCUT2D eigenvalue weighted by atomic mass is 16.5. The van der Waals surface area contributed by atoms with Gasteiger partial charge in [0.15, 0.2) is 5.76 Å². The molecule has 0 aromatic heterocycles. The van der Waals surface area contributed by atoms with Gasteiger partial charge in [0, 0.05) is 5.57 Å². The quantitative estimate of drug-likeness (QED) is 0.343. The molecule has 0 heterocycles. The highest BCUT2D eigenvalue weighted by molar-refractivity contribution is 5.86. The van der Waals surface area contributed by atoms with Crippen molar-refractivity contribution in [2.75, 3.05) is 13.2 Å². The van der Waals surface area contributed by atoms with E-state index in [2.05, 4.69) is 24.8 Å². The van der Waals surface area contributed by atoms with Crippen LogP contribution in [0.2, 0.25) is 0 Å². The van der Waals surface area contributed by atoms with Crippen LogP contribution in [0.3, 0.4) is 0 Å². The predicted octanol–water partition coefficient (Wildman–Crippen LogP) is 2.53. The van der Waals surface area contributed by atoms with Gasteiger partial charge < -0.3 is 14.6 Å². The first-order valence-corrected chi connectivity index (χ1v) is 5.74. The van der Waals surface area contributed by atoms with E-state index in [1.165, 1.54) is 0 Å². The van der Waals surface area contributed by atoms with Crippen molar-refractivity contribution in [1.82, 2.24) is 0 Å². The van der Waals surface area contributed by atoms with Crippen molar-refractivity contribution in [2.24, 2.45) is 0 Å². The molecule has 0 amide bonds. The van der Waals surface area contributed by atoms with Gasteiger partial charge in [-0.3, -0.25) is 0 Å². The van der Waals surface area contributed by atoms with E-state index in [1.54, 1.807) is 13.8 Å². The number of esters is 2. The molecule has 0 saturated carbocycles. The standard InChI is InChI=1S/C8H14O2.C5H8O3/c1-4-5-6-10-8(9)7(2)3;1-3-8-5(7)4(2)6/h2,4-6H2,1,3H3;6H,2-3H2,1H3. The Morgan fingerprint density at radius 2 is 1.67 bits per heavy atom. The van der Waals surface area contributed by atoms with Crippen LogP contribution >= 0.6 is 0 Å². The Hall–Kier alpha value is -1.78. The van der Waals surface area contributed by atoms with Crippen molar-refractivity contribution >= 4 is 11.9 Å². The van der Waals surface area contributed by atoms with Gasteiger partial charge in [-0.2, -0.15) is 0 Å². The third-order valence-electron chi connectivity index (χ3n) is 1.59. The summed E-state index contributed by atoms with van der Waals surface area (Å²) in [5, 5.41) is 8.28. The molecule has 0 aromatic rings. The zero-order valence-electron chi connectivity index (χ0n) is 11.3. The van der Waals surface area contributed by atoms with Gasteiger partial charge >= 0.3 is 11.9 Å². The molecular weight excluding hydrogens is 236 g/mol. The third kappa shape index (κ3) is 12.3. The van der Waals surface area contributed by atoms with Gasteiger partial charge in [-0.15, -0.1) is 0 Å². The van der Waals surface area contributed by atoms with Crippen LogP contribution in [0.1, 0.15) is 33.6 Å². The summed E-state index contributed by atoms with van der Waals surface area (Å²) in [7, 11) is 0. The van der Waals surface area contributed by atoms with E-state index in [4.69, 9.17) is 9.84 Å². The van der Waals surface area contributed by atoms with Crippen molar-refractivity contribution in [1.29, 1.82) is 0 Å². The van der Waals surface area contributed by atoms with Crippen molar-refractivity contribution in [2.45, 2.75) is 33.6 Å². The lowest BCUT2D eigenvalue weighted by atomic mass is 10.3. The van der Waals surface area contributed by atoms with E-state index in [-0.39, 0.29) is 12.6 Å². The first-order valence-electron chi connectivity index (χ1n) is 5.74. The van der Waals surface area contributed by atoms with Crippen molar-refractivity contribution in [3.05, 3.63) is 24.5 Å². The van der Waals surface area contributed by atoms with Gasteiger partial charge in [0.1, 0.15) is 0 Å². The molecule has 5 nitrogen and oxygen atoms in total. The number of ether oxygens (including phenoxy) is 2. The van der Waals surface area contributed by atoms with E-state index >= 15 is 0 Å². The number of hydrogen-bond acceptors (Lipinski definition) is 5. The van der Waals surface area contributed by atoms with Gasteiger partial charge in [-0.1, -0.05) is 19.9 Å². The Labute approximate surface area is 108 Å². The molecule has 0 unspecified atom stereocenters. The summed E-state index contributed by atoms with van der Waals surface area (Å²) in [4.78, 5) is 20.9. The highest BCUT2D eigenvalue weighted by Crippen LogP contribution is 1.94. The fourth-order valence-electron chi connectivity index (χ4n) is 0.647. The van der Waals surface area contributed by atoms with Crippen LogP contribution in [-0.2, 0) is 19.1 Å². The molecule has 0 radical (unpaired) electrons. The van der Waals surface area contributed by atoms with Crippen LogP contribution < -0.4 is 0 Å². The number of carbonyl (C=O) groups excluding carboxylic acids is 2. The van der Waals surface area contributed by atoms with Gasteiger partial charge in [-0.05, 0) is 26.8 Å². The van der Waals surface area contributed by atoms with E-state index < -0.39 is 11.7 Å². The highest BCUT2D eigenvalue weighted by Gasteiger charge is 2.02. The fourth-order valence-corrected chi connectivity index (χ4v) is 0.647. The molecule has 0 saturated heterocycles. The van der Waals surface area contributed by atoms with Gasteiger partial charge in [0.2, 0.25) is 0 Å². The lowest BCUT2D eigenvalue weighted by Gasteiger charge is -2.01. The maximum Gasteiger partial charge on any atom is 0.372 e. The Balaban J connectivity index is 0. The van der Waals surface area contributed by atoms with E-state index in [0.29, 0.717) is 12.2 Å². The summed E-state index contributed by atoms with van der Waals surface area (Å²) in [5.41, 5.74) is 0.469. The zero-order valence-corrected chi connectivity index (χ0v) is 11.3. The minimum atomic E-state index is -0.757. The molecule has 0 bridgehead atoms. The molecule has 0 atom stereocenters. The van der Waals surface area contributed by atoms with Crippen LogP contribution in [-0.4, -0.2) is 30.3 Å². The second-order valence-electron chi connectivity index (χ2n) is 3.44. The van der Waals surface area contributed by atoms with Crippen LogP contribution in [0.25, 0.3) is 0 Å². The number of carbonyl (C=O) groups is 2. The number of aliphatic hydroxyl groups is 1. The molecule has 0 rings (SSSR count).